The predicted molar refractivity (Wildman–Crippen MR) is 62.5 cm³/mol. The van der Waals surface area contributed by atoms with Gasteiger partial charge < -0.3 is 5.11 Å². The lowest BCUT2D eigenvalue weighted by molar-refractivity contribution is 0.167. The Labute approximate surface area is 105 Å². The maximum atomic E-state index is 12.9. The molecule has 4 nitrogen and oxygen atoms in total. The average molecular weight is 279 g/mol. The van der Waals surface area contributed by atoms with E-state index in [2.05, 4.69) is 4.72 Å². The summed E-state index contributed by atoms with van der Waals surface area (Å²) in [5.41, 5.74) is 0. The zero-order chi connectivity index (χ0) is 13.8. The number of sulfonamides is 1. The Hall–Kier alpha value is -1.05. The molecule has 0 fully saturated rings. The lowest BCUT2D eigenvalue weighted by atomic mass is 10.2. The molecule has 0 amide bonds. The molecule has 2 N–H and O–H groups in total. The van der Waals surface area contributed by atoms with Crippen molar-refractivity contribution in [1.82, 2.24) is 4.72 Å². The lowest BCUT2D eigenvalue weighted by Crippen LogP contribution is -2.32. The van der Waals surface area contributed by atoms with Crippen molar-refractivity contribution in [2.45, 2.75) is 30.8 Å². The molecule has 1 unspecified atom stereocenters. The number of hydrogen-bond acceptors (Lipinski definition) is 3. The van der Waals surface area contributed by atoms with E-state index >= 15 is 0 Å². The number of aliphatic hydroxyl groups excluding tert-OH is 1. The Balaban J connectivity index is 2.77. The molecule has 0 spiro atoms. The monoisotopic (exact) mass is 279 g/mol. The molecule has 0 aliphatic carbocycles. The van der Waals surface area contributed by atoms with Gasteiger partial charge in [0, 0.05) is 6.54 Å². The van der Waals surface area contributed by atoms with Crippen molar-refractivity contribution in [3.63, 3.8) is 0 Å². The third-order valence-corrected chi connectivity index (χ3v) is 3.75. The average Bonchev–Trinajstić information content (AvgIpc) is 2.30. The van der Waals surface area contributed by atoms with Crippen LogP contribution in [0.4, 0.5) is 8.78 Å². The number of hydrogen-bond donors (Lipinski definition) is 2. The molecule has 0 saturated carbocycles. The zero-order valence-electron chi connectivity index (χ0n) is 9.86. The van der Waals surface area contributed by atoms with Crippen molar-refractivity contribution < 1.29 is 22.3 Å². The highest BCUT2D eigenvalue weighted by molar-refractivity contribution is 7.89. The minimum absolute atomic E-state index is 0.158. The van der Waals surface area contributed by atoms with Gasteiger partial charge in [-0.25, -0.2) is 21.9 Å². The SMILES string of the molecule is CCCC(O)CNS(=O)(=O)c1ccc(F)c(F)c1. The molecule has 0 heterocycles. The van der Waals surface area contributed by atoms with Crippen molar-refractivity contribution in [1.29, 1.82) is 0 Å². The fourth-order valence-electron chi connectivity index (χ4n) is 1.37. The van der Waals surface area contributed by atoms with Crippen molar-refractivity contribution in [2.24, 2.45) is 0 Å². The minimum Gasteiger partial charge on any atom is -0.392 e. The van der Waals surface area contributed by atoms with Crippen LogP contribution in [0.5, 0.6) is 0 Å². The summed E-state index contributed by atoms with van der Waals surface area (Å²) in [6.45, 7) is 1.70. The molecule has 7 heteroatoms. The second-order valence-electron chi connectivity index (χ2n) is 3.87. The summed E-state index contributed by atoms with van der Waals surface area (Å²) < 4.78 is 51.1. The number of nitrogens with one attached hydrogen (secondary N) is 1. The number of rotatable bonds is 6. The van der Waals surface area contributed by atoms with Crippen LogP contribution in [0.2, 0.25) is 0 Å². The molecule has 0 aliphatic heterocycles. The van der Waals surface area contributed by atoms with Crippen LogP contribution < -0.4 is 4.72 Å². The van der Waals surface area contributed by atoms with Crippen molar-refractivity contribution >= 4 is 10.0 Å². The lowest BCUT2D eigenvalue weighted by Gasteiger charge is -2.11. The molecule has 102 valence electrons. The van der Waals surface area contributed by atoms with Gasteiger partial charge in [0.25, 0.3) is 0 Å². The topological polar surface area (TPSA) is 66.4 Å². The Morgan fingerprint density at radius 2 is 2.00 bits per heavy atom. The molecule has 1 aromatic rings. The minimum atomic E-state index is -3.93. The summed E-state index contributed by atoms with van der Waals surface area (Å²) in [6, 6.07) is 2.31. The molecular weight excluding hydrogens is 264 g/mol. The van der Waals surface area contributed by atoms with E-state index in [0.717, 1.165) is 12.1 Å². The first kappa shape index (κ1) is 15.0. The van der Waals surface area contributed by atoms with Crippen molar-refractivity contribution in [3.8, 4) is 0 Å². The predicted octanol–water partition coefficient (Wildman–Crippen LogP) is 1.40. The van der Waals surface area contributed by atoms with Gasteiger partial charge in [-0.15, -0.1) is 0 Å². The van der Waals surface area contributed by atoms with E-state index in [0.29, 0.717) is 18.9 Å². The van der Waals surface area contributed by atoms with E-state index in [1.54, 1.807) is 0 Å². The van der Waals surface area contributed by atoms with E-state index in [4.69, 9.17) is 0 Å². The number of halogens is 2. The zero-order valence-corrected chi connectivity index (χ0v) is 10.7. The molecule has 1 rings (SSSR count). The van der Waals surface area contributed by atoms with Crippen LogP contribution >= 0.6 is 0 Å². The standard InChI is InChI=1S/C11H15F2NO3S/c1-2-3-8(15)7-14-18(16,17)9-4-5-10(12)11(13)6-9/h4-6,8,14-15H,2-3,7H2,1H3. The van der Waals surface area contributed by atoms with E-state index in [1.165, 1.54) is 0 Å². The third-order valence-electron chi connectivity index (χ3n) is 2.33. The first-order valence-electron chi connectivity index (χ1n) is 5.49. The summed E-state index contributed by atoms with van der Waals surface area (Å²) in [7, 11) is -3.93. The highest BCUT2D eigenvalue weighted by atomic mass is 32.2. The third kappa shape index (κ3) is 4.01. The van der Waals surface area contributed by atoms with Gasteiger partial charge in [0.2, 0.25) is 10.0 Å². The van der Waals surface area contributed by atoms with Gasteiger partial charge >= 0.3 is 0 Å². The van der Waals surface area contributed by atoms with Gasteiger partial charge in [-0.1, -0.05) is 13.3 Å². The van der Waals surface area contributed by atoms with Crippen molar-refractivity contribution in [3.05, 3.63) is 29.8 Å². The van der Waals surface area contributed by atoms with Crippen LogP contribution in [0.15, 0.2) is 23.1 Å². The van der Waals surface area contributed by atoms with Gasteiger partial charge in [-0.2, -0.15) is 0 Å². The number of aliphatic hydroxyl groups is 1. The molecule has 0 saturated heterocycles. The van der Waals surface area contributed by atoms with Crippen LogP contribution in [-0.2, 0) is 10.0 Å². The molecule has 0 aromatic heterocycles. The van der Waals surface area contributed by atoms with Crippen LogP contribution in [0, 0.1) is 11.6 Å². The second-order valence-corrected chi connectivity index (χ2v) is 5.64. The number of benzene rings is 1. The molecule has 1 aromatic carbocycles. The molecule has 18 heavy (non-hydrogen) atoms. The normalized spacial score (nSPS) is 13.6. The maximum absolute atomic E-state index is 12.9. The Bertz CT molecular complexity index is 505. The van der Waals surface area contributed by atoms with Crippen LogP contribution in [-0.4, -0.2) is 26.2 Å². The summed E-state index contributed by atoms with van der Waals surface area (Å²) in [4.78, 5) is -0.370. The Morgan fingerprint density at radius 3 is 2.56 bits per heavy atom. The van der Waals surface area contributed by atoms with E-state index in [-0.39, 0.29) is 11.4 Å². The van der Waals surface area contributed by atoms with Gasteiger partial charge in [-0.3, -0.25) is 0 Å². The van der Waals surface area contributed by atoms with E-state index < -0.39 is 27.8 Å². The maximum Gasteiger partial charge on any atom is 0.240 e. The summed E-state index contributed by atoms with van der Waals surface area (Å²) in [6.07, 6.45) is 0.379. The fourth-order valence-corrected chi connectivity index (χ4v) is 2.45. The highest BCUT2D eigenvalue weighted by Gasteiger charge is 2.17. The summed E-state index contributed by atoms with van der Waals surface area (Å²) in [5, 5.41) is 9.40. The summed E-state index contributed by atoms with van der Waals surface area (Å²) >= 11 is 0. The summed E-state index contributed by atoms with van der Waals surface area (Å²) in [5.74, 6) is -2.34. The van der Waals surface area contributed by atoms with Gasteiger partial charge in [-0.05, 0) is 24.6 Å². The van der Waals surface area contributed by atoms with Gasteiger partial charge in [0.05, 0.1) is 11.0 Å². The largest absolute Gasteiger partial charge is 0.392 e. The quantitative estimate of drug-likeness (QED) is 0.827. The Kier molecular flexibility index (Phi) is 5.18. The van der Waals surface area contributed by atoms with Gasteiger partial charge in [0.15, 0.2) is 11.6 Å². The van der Waals surface area contributed by atoms with Gasteiger partial charge in [0.1, 0.15) is 0 Å². The fraction of sp³-hybridized carbons (Fsp3) is 0.455. The first-order valence-corrected chi connectivity index (χ1v) is 6.98. The van der Waals surface area contributed by atoms with Crippen LogP contribution in [0.3, 0.4) is 0 Å². The van der Waals surface area contributed by atoms with Crippen LogP contribution in [0.1, 0.15) is 19.8 Å². The molecule has 1 atom stereocenters. The highest BCUT2D eigenvalue weighted by Crippen LogP contribution is 2.13. The first-order chi connectivity index (χ1) is 8.36. The molecule has 0 radical (unpaired) electrons. The van der Waals surface area contributed by atoms with Crippen molar-refractivity contribution in [2.75, 3.05) is 6.54 Å². The Morgan fingerprint density at radius 1 is 1.33 bits per heavy atom. The second kappa shape index (κ2) is 6.21. The molecule has 0 aliphatic rings. The smallest absolute Gasteiger partial charge is 0.240 e. The van der Waals surface area contributed by atoms with Crippen LogP contribution in [0.25, 0.3) is 0 Å². The van der Waals surface area contributed by atoms with E-state index in [1.807, 2.05) is 6.92 Å². The molecule has 0 bridgehead atoms. The van der Waals surface area contributed by atoms with E-state index in [9.17, 15) is 22.3 Å². The molecular formula is C11H15F2NO3S.